The minimum absolute atomic E-state index is 0.288. The van der Waals surface area contributed by atoms with Gasteiger partial charge in [-0.1, -0.05) is 54.6 Å². The molecule has 1 aliphatic carbocycles. The van der Waals surface area contributed by atoms with E-state index in [0.29, 0.717) is 5.56 Å². The number of carbonyl (C=O) groups is 1. The second-order valence-electron chi connectivity index (χ2n) is 7.85. The average molecular weight is 433 g/mol. The van der Waals surface area contributed by atoms with E-state index < -0.39 is 23.6 Å². The van der Waals surface area contributed by atoms with Crippen molar-refractivity contribution in [1.82, 2.24) is 4.57 Å². The van der Waals surface area contributed by atoms with Crippen LogP contribution in [-0.4, -0.2) is 15.6 Å². The van der Waals surface area contributed by atoms with Crippen molar-refractivity contribution in [2.24, 2.45) is 5.92 Å². The molecule has 0 amide bonds. The van der Waals surface area contributed by atoms with E-state index >= 15 is 0 Å². The standard InChI is InChI=1S/C26H18F3NO2/c27-26(28,29)19-11-8-17(9-12-19)24-15-22-21-7-2-1-4-16(21)10-13-23(22)30(24)20-6-3-5-18(14-20)25(31)32/h1-13,15,18H,14H2,(H,31,32). The van der Waals surface area contributed by atoms with E-state index in [-0.39, 0.29) is 6.42 Å². The molecular weight excluding hydrogens is 415 g/mol. The Morgan fingerprint density at radius 2 is 1.72 bits per heavy atom. The predicted octanol–water partition coefficient (Wildman–Crippen LogP) is 6.98. The van der Waals surface area contributed by atoms with Crippen molar-refractivity contribution < 1.29 is 23.1 Å². The van der Waals surface area contributed by atoms with E-state index in [4.69, 9.17) is 0 Å². The molecular formula is C26H18F3NO2. The molecule has 3 nitrogen and oxygen atoms in total. The van der Waals surface area contributed by atoms with Crippen LogP contribution in [0.4, 0.5) is 13.2 Å². The Hall–Kier alpha value is -3.80. The summed E-state index contributed by atoms with van der Waals surface area (Å²) in [5.41, 5.74) is 2.29. The van der Waals surface area contributed by atoms with E-state index in [1.807, 2.05) is 53.1 Å². The molecule has 0 aliphatic heterocycles. The van der Waals surface area contributed by atoms with Gasteiger partial charge in [0.25, 0.3) is 0 Å². The first-order chi connectivity index (χ1) is 15.3. The summed E-state index contributed by atoms with van der Waals surface area (Å²) in [6, 6.07) is 18.9. The molecule has 6 heteroatoms. The maximum absolute atomic E-state index is 13.1. The van der Waals surface area contributed by atoms with Gasteiger partial charge in [0.2, 0.25) is 0 Å². The number of alkyl halides is 3. The highest BCUT2D eigenvalue weighted by Gasteiger charge is 2.30. The van der Waals surface area contributed by atoms with Crippen LogP contribution in [0, 0.1) is 5.92 Å². The zero-order chi connectivity index (χ0) is 22.5. The van der Waals surface area contributed by atoms with E-state index in [2.05, 4.69) is 0 Å². The number of nitrogens with zero attached hydrogens (tertiary/aromatic N) is 1. The highest BCUT2D eigenvalue weighted by Crippen LogP contribution is 2.39. The van der Waals surface area contributed by atoms with Crippen molar-refractivity contribution in [3.8, 4) is 11.3 Å². The van der Waals surface area contributed by atoms with E-state index in [1.54, 1.807) is 12.2 Å². The molecule has 1 unspecified atom stereocenters. The monoisotopic (exact) mass is 433 g/mol. The van der Waals surface area contributed by atoms with Gasteiger partial charge >= 0.3 is 12.1 Å². The number of halogens is 3. The first kappa shape index (κ1) is 20.1. The fourth-order valence-electron chi connectivity index (χ4n) is 4.31. The molecule has 0 bridgehead atoms. The van der Waals surface area contributed by atoms with Gasteiger partial charge in [0, 0.05) is 17.5 Å². The first-order valence-electron chi connectivity index (χ1n) is 10.1. The van der Waals surface area contributed by atoms with Gasteiger partial charge in [-0.15, -0.1) is 0 Å². The van der Waals surface area contributed by atoms with E-state index in [1.165, 1.54) is 12.1 Å². The van der Waals surface area contributed by atoms with Gasteiger partial charge in [-0.25, -0.2) is 0 Å². The van der Waals surface area contributed by atoms with Gasteiger partial charge in [0.15, 0.2) is 0 Å². The van der Waals surface area contributed by atoms with Gasteiger partial charge in [-0.2, -0.15) is 13.2 Å². The van der Waals surface area contributed by atoms with Crippen molar-refractivity contribution in [2.45, 2.75) is 12.6 Å². The van der Waals surface area contributed by atoms with Gasteiger partial charge in [0.05, 0.1) is 22.7 Å². The van der Waals surface area contributed by atoms with Crippen molar-refractivity contribution in [2.75, 3.05) is 0 Å². The van der Waals surface area contributed by atoms with Crippen LogP contribution in [0.5, 0.6) is 0 Å². The van der Waals surface area contributed by atoms with Crippen molar-refractivity contribution in [3.05, 3.63) is 90.5 Å². The van der Waals surface area contributed by atoms with Crippen LogP contribution in [0.3, 0.4) is 0 Å². The second kappa shape index (κ2) is 7.41. The van der Waals surface area contributed by atoms with Crippen LogP contribution in [0.1, 0.15) is 12.0 Å². The summed E-state index contributed by atoms with van der Waals surface area (Å²) in [7, 11) is 0. The Bertz CT molecular complexity index is 1410. The number of benzene rings is 3. The van der Waals surface area contributed by atoms with Crippen LogP contribution >= 0.6 is 0 Å². The number of allylic oxidation sites excluding steroid dienone is 3. The molecule has 3 aromatic carbocycles. The summed E-state index contributed by atoms with van der Waals surface area (Å²) in [4.78, 5) is 11.6. The molecule has 32 heavy (non-hydrogen) atoms. The summed E-state index contributed by atoms with van der Waals surface area (Å²) >= 11 is 0. The van der Waals surface area contributed by atoms with Crippen LogP contribution in [0.15, 0.2) is 85.0 Å². The summed E-state index contributed by atoms with van der Waals surface area (Å²) in [6.45, 7) is 0. The van der Waals surface area contributed by atoms with Gasteiger partial charge in [-0.05, 0) is 46.7 Å². The molecule has 0 spiro atoms. The smallest absolute Gasteiger partial charge is 0.416 e. The Morgan fingerprint density at radius 1 is 0.969 bits per heavy atom. The summed E-state index contributed by atoms with van der Waals surface area (Å²) in [5, 5.41) is 12.5. The lowest BCUT2D eigenvalue weighted by molar-refractivity contribution is -0.140. The maximum Gasteiger partial charge on any atom is 0.416 e. The van der Waals surface area contributed by atoms with E-state index in [9.17, 15) is 23.1 Å². The lowest BCUT2D eigenvalue weighted by atomic mass is 9.98. The van der Waals surface area contributed by atoms with Crippen molar-refractivity contribution in [1.29, 1.82) is 0 Å². The van der Waals surface area contributed by atoms with Crippen molar-refractivity contribution in [3.63, 3.8) is 0 Å². The zero-order valence-corrected chi connectivity index (χ0v) is 16.8. The average Bonchev–Trinajstić information content (AvgIpc) is 3.19. The summed E-state index contributed by atoms with van der Waals surface area (Å²) < 4.78 is 41.2. The highest BCUT2D eigenvalue weighted by atomic mass is 19.4. The molecule has 1 heterocycles. The fourth-order valence-corrected chi connectivity index (χ4v) is 4.31. The molecule has 160 valence electrons. The minimum Gasteiger partial charge on any atom is -0.481 e. The molecule has 1 atom stereocenters. The van der Waals surface area contributed by atoms with Gasteiger partial charge in [-0.3, -0.25) is 4.79 Å². The van der Waals surface area contributed by atoms with Gasteiger partial charge < -0.3 is 9.67 Å². The normalized spacial score (nSPS) is 16.5. The molecule has 1 aromatic heterocycles. The molecule has 0 saturated carbocycles. The number of carboxylic acid groups (broad SMARTS) is 1. The first-order valence-corrected chi connectivity index (χ1v) is 10.1. The zero-order valence-electron chi connectivity index (χ0n) is 16.8. The lowest BCUT2D eigenvalue weighted by Gasteiger charge is -2.20. The van der Waals surface area contributed by atoms with Crippen molar-refractivity contribution >= 4 is 33.3 Å². The maximum atomic E-state index is 13.1. The summed E-state index contributed by atoms with van der Waals surface area (Å²) in [5.74, 6) is -1.57. The predicted molar refractivity (Wildman–Crippen MR) is 119 cm³/mol. The van der Waals surface area contributed by atoms with Crippen LogP contribution in [0.2, 0.25) is 0 Å². The number of hydrogen-bond acceptors (Lipinski definition) is 1. The highest BCUT2D eigenvalue weighted by molar-refractivity contribution is 6.09. The number of fused-ring (bicyclic) bond motifs is 3. The van der Waals surface area contributed by atoms with Crippen LogP contribution < -0.4 is 0 Å². The number of rotatable bonds is 3. The molecule has 0 saturated heterocycles. The quantitative estimate of drug-likeness (QED) is 0.379. The largest absolute Gasteiger partial charge is 0.481 e. The SMILES string of the molecule is O=C(O)C1C=CC=C(n2c(-c3ccc(C(F)(F)F)cc3)cc3c4ccccc4ccc32)C1. The third kappa shape index (κ3) is 3.38. The lowest BCUT2D eigenvalue weighted by Crippen LogP contribution is -2.15. The van der Waals surface area contributed by atoms with Gasteiger partial charge in [0.1, 0.15) is 0 Å². The Balaban J connectivity index is 1.75. The fraction of sp³-hybridized carbons (Fsp3) is 0.115. The number of hydrogen-bond donors (Lipinski definition) is 1. The number of carboxylic acids is 1. The molecule has 0 radical (unpaired) electrons. The third-order valence-electron chi connectivity index (χ3n) is 5.88. The van der Waals surface area contributed by atoms with E-state index in [0.717, 1.165) is 45.2 Å². The molecule has 1 N–H and O–H groups in total. The van der Waals surface area contributed by atoms with Crippen LogP contribution in [0.25, 0.3) is 38.6 Å². The topological polar surface area (TPSA) is 42.2 Å². The molecule has 1 aliphatic rings. The number of aliphatic carboxylic acids is 1. The molecule has 4 aromatic rings. The van der Waals surface area contributed by atoms with Crippen LogP contribution in [-0.2, 0) is 11.0 Å². The Morgan fingerprint density at radius 3 is 2.44 bits per heavy atom. The summed E-state index contributed by atoms with van der Waals surface area (Å²) in [6.07, 6.45) is 1.11. The molecule has 5 rings (SSSR count). The Kier molecular flexibility index (Phi) is 4.66. The minimum atomic E-state index is -4.41. The number of aromatic nitrogens is 1. The Labute approximate surface area is 181 Å². The second-order valence-corrected chi connectivity index (χ2v) is 7.85. The molecule has 0 fully saturated rings. The third-order valence-corrected chi connectivity index (χ3v) is 5.88.